The lowest BCUT2D eigenvalue weighted by Crippen LogP contribution is -2.20. The maximum atomic E-state index is 14.5. The van der Waals surface area contributed by atoms with Gasteiger partial charge in [-0.1, -0.05) is 6.08 Å². The maximum Gasteiger partial charge on any atom is 0.159 e. The van der Waals surface area contributed by atoms with E-state index in [0.717, 1.165) is 48.2 Å². The van der Waals surface area contributed by atoms with Crippen molar-refractivity contribution in [2.45, 2.75) is 6.42 Å². The quantitative estimate of drug-likeness (QED) is 0.311. The smallest absolute Gasteiger partial charge is 0.159 e. The van der Waals surface area contributed by atoms with Crippen LogP contribution >= 0.6 is 0 Å². The van der Waals surface area contributed by atoms with E-state index in [4.69, 9.17) is 9.72 Å². The van der Waals surface area contributed by atoms with E-state index in [1.165, 1.54) is 17.7 Å². The van der Waals surface area contributed by atoms with Gasteiger partial charge in [0.25, 0.3) is 0 Å². The number of ether oxygens (including phenoxy) is 1. The lowest BCUT2D eigenvalue weighted by atomic mass is 10.0. The van der Waals surface area contributed by atoms with Crippen molar-refractivity contribution in [1.29, 1.82) is 0 Å². The molecule has 1 aromatic carbocycles. The molecule has 0 atom stereocenters. The Morgan fingerprint density at radius 3 is 2.84 bits per heavy atom. The largest absolute Gasteiger partial charge is 0.492 e. The van der Waals surface area contributed by atoms with Crippen LogP contribution in [0.5, 0.6) is 5.75 Å². The van der Waals surface area contributed by atoms with Crippen LogP contribution in [0.1, 0.15) is 12.1 Å². The third-order valence-electron chi connectivity index (χ3n) is 6.42. The number of hydrogen-bond donors (Lipinski definition) is 3. The minimum Gasteiger partial charge on any atom is -0.492 e. The van der Waals surface area contributed by atoms with Crippen LogP contribution in [0.4, 0.5) is 4.39 Å². The van der Waals surface area contributed by atoms with E-state index in [2.05, 4.69) is 42.6 Å². The third-order valence-corrected chi connectivity index (χ3v) is 6.42. The van der Waals surface area contributed by atoms with Gasteiger partial charge in [0.15, 0.2) is 5.82 Å². The van der Waals surface area contributed by atoms with Gasteiger partial charge >= 0.3 is 0 Å². The van der Waals surface area contributed by atoms with E-state index in [1.54, 1.807) is 12.3 Å². The summed E-state index contributed by atoms with van der Waals surface area (Å²) in [5.41, 5.74) is 6.27. The summed E-state index contributed by atoms with van der Waals surface area (Å²) in [6, 6.07) is 8.54. The molecule has 1 aliphatic heterocycles. The molecule has 0 spiro atoms. The second-order valence-electron chi connectivity index (χ2n) is 9.34. The average molecular weight is 499 g/mol. The number of rotatable bonds is 7. The van der Waals surface area contributed by atoms with Crippen molar-refractivity contribution in [2.24, 2.45) is 0 Å². The van der Waals surface area contributed by atoms with Crippen molar-refractivity contribution >= 4 is 27.5 Å². The van der Waals surface area contributed by atoms with Crippen molar-refractivity contribution in [3.8, 4) is 28.5 Å². The van der Waals surface area contributed by atoms with Crippen LogP contribution in [-0.2, 0) is 0 Å². The van der Waals surface area contributed by atoms with Crippen molar-refractivity contribution in [3.05, 3.63) is 60.3 Å². The van der Waals surface area contributed by atoms with Crippen LogP contribution in [0.25, 0.3) is 50.3 Å². The number of halogens is 1. The molecule has 0 saturated carbocycles. The van der Waals surface area contributed by atoms with Crippen LogP contribution in [0.2, 0.25) is 0 Å². The van der Waals surface area contributed by atoms with E-state index in [9.17, 15) is 4.39 Å². The summed E-state index contributed by atoms with van der Waals surface area (Å²) in [6.07, 6.45) is 6.60. The Bertz CT molecular complexity index is 1620. The zero-order chi connectivity index (χ0) is 25.4. The molecule has 0 fully saturated rings. The van der Waals surface area contributed by atoms with Crippen LogP contribution in [0.15, 0.2) is 48.8 Å². The molecule has 0 aliphatic carbocycles. The van der Waals surface area contributed by atoms with Gasteiger partial charge in [-0.3, -0.25) is 15.1 Å². The first-order chi connectivity index (χ1) is 18.0. The monoisotopic (exact) mass is 498 g/mol. The Labute approximate surface area is 212 Å². The molecular weight excluding hydrogens is 471 g/mol. The van der Waals surface area contributed by atoms with Crippen LogP contribution < -0.4 is 10.1 Å². The normalized spacial score (nSPS) is 14.0. The van der Waals surface area contributed by atoms with E-state index in [-0.39, 0.29) is 0 Å². The molecule has 6 rings (SSSR count). The molecule has 37 heavy (non-hydrogen) atoms. The molecule has 5 aromatic rings. The molecule has 5 heterocycles. The summed E-state index contributed by atoms with van der Waals surface area (Å²) < 4.78 is 20.3. The van der Waals surface area contributed by atoms with E-state index in [1.807, 2.05) is 31.3 Å². The zero-order valence-corrected chi connectivity index (χ0v) is 20.7. The molecular formula is C27H27FN8O. The fourth-order valence-electron chi connectivity index (χ4n) is 4.52. The van der Waals surface area contributed by atoms with Crippen LogP contribution in [-0.4, -0.2) is 75.4 Å². The second kappa shape index (κ2) is 9.72. The number of benzene rings is 1. The molecule has 1 aliphatic rings. The fraction of sp³-hybridized carbons (Fsp3) is 0.259. The fourth-order valence-corrected chi connectivity index (χ4v) is 4.52. The number of pyridine rings is 2. The lowest BCUT2D eigenvalue weighted by molar-refractivity contribution is 0.260. The molecule has 0 saturated heterocycles. The Kier molecular flexibility index (Phi) is 6.11. The van der Waals surface area contributed by atoms with Gasteiger partial charge in [-0.2, -0.15) is 5.10 Å². The Morgan fingerprint density at radius 2 is 2.00 bits per heavy atom. The number of nitrogens with one attached hydrogen (secondary N) is 3. The molecule has 9 nitrogen and oxygen atoms in total. The minimum atomic E-state index is -0.391. The van der Waals surface area contributed by atoms with Crippen molar-refractivity contribution in [1.82, 2.24) is 40.3 Å². The van der Waals surface area contributed by atoms with Gasteiger partial charge < -0.3 is 19.9 Å². The summed E-state index contributed by atoms with van der Waals surface area (Å²) in [6.45, 7) is 2.96. The number of imidazole rings is 1. The van der Waals surface area contributed by atoms with Gasteiger partial charge in [-0.15, -0.1) is 0 Å². The second-order valence-corrected chi connectivity index (χ2v) is 9.34. The molecule has 3 N–H and O–H groups in total. The number of nitrogens with zero attached hydrogens (tertiary/aromatic N) is 5. The number of likely N-dealkylation sites (N-methyl/N-ethyl adjacent to an activating group) is 1. The topological polar surface area (TPSA) is 108 Å². The number of hydrogen-bond acceptors (Lipinski definition) is 7. The van der Waals surface area contributed by atoms with Gasteiger partial charge in [0.05, 0.1) is 28.6 Å². The zero-order valence-electron chi connectivity index (χ0n) is 20.7. The molecule has 0 amide bonds. The molecule has 0 bridgehead atoms. The summed E-state index contributed by atoms with van der Waals surface area (Å²) in [7, 11) is 3.93. The van der Waals surface area contributed by atoms with E-state index < -0.39 is 5.82 Å². The summed E-state index contributed by atoms with van der Waals surface area (Å²) >= 11 is 0. The lowest BCUT2D eigenvalue weighted by Gasteiger charge is -2.13. The standard InChI is InChI=1S/C27H27FN8O/c1-36(2)9-10-37-19-12-17(11-18(28)13-19)24-26-21(5-8-30-24)32-27(33-26)25-20-14-22(16-3-6-29-7-4-16)31-15-23(20)34-35-25/h3,5,8,11-15,29H,4,6-7,9-10H2,1-2H3,(H,32,33)(H,34,35). The maximum absolute atomic E-state index is 14.5. The van der Waals surface area contributed by atoms with Crippen LogP contribution in [0.3, 0.4) is 0 Å². The van der Waals surface area contributed by atoms with E-state index >= 15 is 0 Å². The van der Waals surface area contributed by atoms with Gasteiger partial charge in [-0.25, -0.2) is 9.37 Å². The summed E-state index contributed by atoms with van der Waals surface area (Å²) in [5, 5.41) is 11.9. The van der Waals surface area contributed by atoms with Crippen molar-refractivity contribution in [3.63, 3.8) is 0 Å². The highest BCUT2D eigenvalue weighted by Gasteiger charge is 2.18. The number of aromatic nitrogens is 6. The first kappa shape index (κ1) is 23.3. The summed E-state index contributed by atoms with van der Waals surface area (Å²) in [5.74, 6) is 0.667. The Balaban J connectivity index is 1.39. The number of fused-ring (bicyclic) bond motifs is 2. The van der Waals surface area contributed by atoms with Crippen LogP contribution in [0, 0.1) is 5.82 Å². The van der Waals surface area contributed by atoms with Gasteiger partial charge in [0.1, 0.15) is 29.4 Å². The predicted molar refractivity (Wildman–Crippen MR) is 142 cm³/mol. The Morgan fingerprint density at radius 1 is 1.08 bits per heavy atom. The SMILES string of the molecule is CN(C)CCOc1cc(F)cc(-c2nccc3[nH]c(-c4n[nH]c5cnc(C6=CCNCC6)cc45)nc23)c1. The average Bonchev–Trinajstić information content (AvgIpc) is 3.52. The molecule has 4 aromatic heterocycles. The van der Waals surface area contributed by atoms with Gasteiger partial charge in [0.2, 0.25) is 0 Å². The predicted octanol–water partition coefficient (Wildman–Crippen LogP) is 4.02. The molecule has 188 valence electrons. The molecule has 0 unspecified atom stereocenters. The summed E-state index contributed by atoms with van der Waals surface area (Å²) in [4.78, 5) is 19.4. The van der Waals surface area contributed by atoms with Crippen molar-refractivity contribution in [2.75, 3.05) is 40.3 Å². The number of aromatic amines is 2. The highest BCUT2D eigenvalue weighted by molar-refractivity contribution is 5.96. The minimum absolute atomic E-state index is 0.391. The highest BCUT2D eigenvalue weighted by Crippen LogP contribution is 2.33. The van der Waals surface area contributed by atoms with Gasteiger partial charge in [0, 0.05) is 36.3 Å². The third kappa shape index (κ3) is 4.68. The highest BCUT2D eigenvalue weighted by atomic mass is 19.1. The first-order valence-electron chi connectivity index (χ1n) is 12.2. The first-order valence-corrected chi connectivity index (χ1v) is 12.2. The van der Waals surface area contributed by atoms with Gasteiger partial charge in [-0.05, 0) is 56.9 Å². The Hall–Kier alpha value is -4.15. The molecule has 0 radical (unpaired) electrons. The molecule has 10 heteroatoms. The van der Waals surface area contributed by atoms with Crippen molar-refractivity contribution < 1.29 is 9.13 Å². The number of H-pyrrole nitrogens is 2. The van der Waals surface area contributed by atoms with E-state index in [0.29, 0.717) is 40.6 Å².